The Kier molecular flexibility index (Phi) is 5.47. The maximum absolute atomic E-state index is 12.0. The van der Waals surface area contributed by atoms with Crippen LogP contribution in [0.3, 0.4) is 0 Å². The minimum Gasteiger partial charge on any atom is -0.477 e. The summed E-state index contributed by atoms with van der Waals surface area (Å²) in [6, 6.07) is 11.0. The van der Waals surface area contributed by atoms with Gasteiger partial charge in [0.05, 0.1) is 13.1 Å². The summed E-state index contributed by atoms with van der Waals surface area (Å²) in [6.07, 6.45) is 3.28. The van der Waals surface area contributed by atoms with Crippen LogP contribution in [0.15, 0.2) is 53.3 Å². The topological polar surface area (TPSA) is 102 Å². The van der Waals surface area contributed by atoms with Crippen molar-refractivity contribution in [1.82, 2.24) is 19.6 Å². The van der Waals surface area contributed by atoms with Crippen molar-refractivity contribution in [2.24, 2.45) is 0 Å². The van der Waals surface area contributed by atoms with Gasteiger partial charge in [-0.25, -0.2) is 4.79 Å². The first-order chi connectivity index (χ1) is 12.5. The molecule has 0 fully saturated rings. The molecular formula is C17H16BrN5O3. The third-order valence-electron chi connectivity index (χ3n) is 3.65. The van der Waals surface area contributed by atoms with Crippen LogP contribution < -0.4 is 5.32 Å². The molecule has 0 radical (unpaired) electrons. The number of carboxylic acid groups (broad SMARTS) is 1. The van der Waals surface area contributed by atoms with E-state index >= 15 is 0 Å². The molecule has 2 aromatic heterocycles. The molecule has 2 heterocycles. The number of amides is 1. The van der Waals surface area contributed by atoms with E-state index in [-0.39, 0.29) is 24.6 Å². The Hall–Kier alpha value is -2.94. The number of halogens is 1. The average Bonchev–Trinajstić information content (AvgIpc) is 3.24. The summed E-state index contributed by atoms with van der Waals surface area (Å²) < 4.78 is 4.03. The third-order valence-corrected chi connectivity index (χ3v) is 4.18. The van der Waals surface area contributed by atoms with Gasteiger partial charge in [-0.2, -0.15) is 10.2 Å². The quantitative estimate of drug-likeness (QED) is 0.614. The van der Waals surface area contributed by atoms with Gasteiger partial charge in [0.2, 0.25) is 5.91 Å². The second kappa shape index (κ2) is 7.96. The molecule has 3 rings (SSSR count). The number of rotatable bonds is 7. The lowest BCUT2D eigenvalue weighted by molar-refractivity contribution is -0.116. The van der Waals surface area contributed by atoms with Gasteiger partial charge in [0.1, 0.15) is 5.69 Å². The van der Waals surface area contributed by atoms with E-state index in [9.17, 15) is 9.59 Å². The molecule has 134 valence electrons. The van der Waals surface area contributed by atoms with Crippen molar-refractivity contribution in [3.05, 3.63) is 64.5 Å². The second-order valence-corrected chi connectivity index (χ2v) is 6.48. The highest BCUT2D eigenvalue weighted by molar-refractivity contribution is 9.10. The highest BCUT2D eigenvalue weighted by Crippen LogP contribution is 2.12. The van der Waals surface area contributed by atoms with E-state index in [1.165, 1.54) is 16.9 Å². The lowest BCUT2D eigenvalue weighted by Crippen LogP contribution is -2.17. The number of carbonyl (C=O) groups excluding carboxylic acids is 1. The van der Waals surface area contributed by atoms with Gasteiger partial charge in [-0.1, -0.05) is 28.1 Å². The van der Waals surface area contributed by atoms with Gasteiger partial charge in [-0.05, 0) is 23.8 Å². The van der Waals surface area contributed by atoms with Crippen LogP contribution in [0.5, 0.6) is 0 Å². The summed E-state index contributed by atoms with van der Waals surface area (Å²) >= 11 is 3.39. The van der Waals surface area contributed by atoms with Crippen LogP contribution in [0.2, 0.25) is 0 Å². The average molecular weight is 418 g/mol. The van der Waals surface area contributed by atoms with Crippen LogP contribution in [0.25, 0.3) is 0 Å². The zero-order valence-corrected chi connectivity index (χ0v) is 15.3. The van der Waals surface area contributed by atoms with Crippen LogP contribution in [-0.2, 0) is 17.9 Å². The fraction of sp³-hybridized carbons (Fsp3) is 0.176. The third kappa shape index (κ3) is 4.57. The molecule has 0 aliphatic heterocycles. The first-order valence-corrected chi connectivity index (χ1v) is 8.63. The van der Waals surface area contributed by atoms with Gasteiger partial charge in [0.25, 0.3) is 0 Å². The number of nitrogens with zero attached hydrogens (tertiary/aromatic N) is 4. The molecule has 9 heteroatoms. The molecule has 3 aromatic rings. The van der Waals surface area contributed by atoms with Crippen LogP contribution in [-0.4, -0.2) is 36.5 Å². The van der Waals surface area contributed by atoms with Crippen molar-refractivity contribution in [2.75, 3.05) is 5.32 Å². The molecule has 0 unspecified atom stereocenters. The number of benzene rings is 1. The van der Waals surface area contributed by atoms with E-state index in [4.69, 9.17) is 5.11 Å². The van der Waals surface area contributed by atoms with Crippen molar-refractivity contribution in [2.45, 2.75) is 19.5 Å². The summed E-state index contributed by atoms with van der Waals surface area (Å²) in [4.78, 5) is 23.1. The number of aromatic nitrogens is 4. The van der Waals surface area contributed by atoms with Crippen molar-refractivity contribution in [3.63, 3.8) is 0 Å². The van der Waals surface area contributed by atoms with Crippen molar-refractivity contribution in [1.29, 1.82) is 0 Å². The van der Waals surface area contributed by atoms with Gasteiger partial charge < -0.3 is 10.4 Å². The number of nitrogens with one attached hydrogen (secondary N) is 1. The van der Waals surface area contributed by atoms with Crippen molar-refractivity contribution >= 4 is 33.6 Å². The maximum Gasteiger partial charge on any atom is 0.354 e. The molecule has 0 aliphatic rings. The minimum absolute atomic E-state index is 0.0524. The summed E-state index contributed by atoms with van der Waals surface area (Å²) in [5, 5.41) is 19.9. The lowest BCUT2D eigenvalue weighted by atomic mass is 10.2. The van der Waals surface area contributed by atoms with Gasteiger partial charge in [0.15, 0.2) is 5.82 Å². The molecule has 0 saturated carbocycles. The van der Waals surface area contributed by atoms with Gasteiger partial charge >= 0.3 is 5.97 Å². The SMILES string of the molecule is O=C(CCn1nccc1C(=O)O)Nc1ccn(Cc2ccc(Br)cc2)n1. The molecule has 1 aromatic carbocycles. The predicted molar refractivity (Wildman–Crippen MR) is 97.9 cm³/mol. The van der Waals surface area contributed by atoms with Gasteiger partial charge in [0, 0.05) is 29.4 Å². The summed E-state index contributed by atoms with van der Waals surface area (Å²) in [5.41, 5.74) is 1.14. The molecule has 2 N–H and O–H groups in total. The molecule has 0 spiro atoms. The van der Waals surface area contributed by atoms with E-state index < -0.39 is 5.97 Å². The van der Waals surface area contributed by atoms with E-state index in [0.717, 1.165) is 10.0 Å². The van der Waals surface area contributed by atoms with Crippen molar-refractivity contribution in [3.8, 4) is 0 Å². The Morgan fingerprint density at radius 1 is 1.15 bits per heavy atom. The normalized spacial score (nSPS) is 10.7. The monoisotopic (exact) mass is 417 g/mol. The Morgan fingerprint density at radius 3 is 2.65 bits per heavy atom. The van der Waals surface area contributed by atoms with Crippen LogP contribution >= 0.6 is 15.9 Å². The largest absolute Gasteiger partial charge is 0.477 e. The fourth-order valence-corrected chi connectivity index (χ4v) is 2.66. The molecule has 0 aliphatic carbocycles. The molecule has 0 atom stereocenters. The summed E-state index contributed by atoms with van der Waals surface area (Å²) in [6.45, 7) is 0.776. The van der Waals surface area contributed by atoms with E-state index in [0.29, 0.717) is 12.4 Å². The molecule has 0 bridgehead atoms. The van der Waals surface area contributed by atoms with Crippen LogP contribution in [0.1, 0.15) is 22.5 Å². The maximum atomic E-state index is 12.0. The number of hydrogen-bond acceptors (Lipinski definition) is 4. The highest BCUT2D eigenvalue weighted by atomic mass is 79.9. The molecule has 26 heavy (non-hydrogen) atoms. The highest BCUT2D eigenvalue weighted by Gasteiger charge is 2.12. The van der Waals surface area contributed by atoms with Crippen molar-refractivity contribution < 1.29 is 14.7 Å². The molecular weight excluding hydrogens is 402 g/mol. The predicted octanol–water partition coefficient (Wildman–Crippen LogP) is 2.62. The number of hydrogen-bond donors (Lipinski definition) is 2. The Bertz CT molecular complexity index is 917. The first kappa shape index (κ1) is 17.9. The van der Waals surface area contributed by atoms with E-state index in [1.54, 1.807) is 16.9 Å². The number of carbonyl (C=O) groups is 2. The smallest absolute Gasteiger partial charge is 0.354 e. The summed E-state index contributed by atoms with van der Waals surface area (Å²) in [7, 11) is 0. The van der Waals surface area contributed by atoms with Gasteiger partial charge in [-0.15, -0.1) is 0 Å². The first-order valence-electron chi connectivity index (χ1n) is 7.84. The number of aromatic carboxylic acids is 1. The molecule has 8 nitrogen and oxygen atoms in total. The number of carboxylic acids is 1. The Balaban J connectivity index is 1.53. The Morgan fingerprint density at radius 2 is 1.92 bits per heavy atom. The zero-order valence-electron chi connectivity index (χ0n) is 13.7. The molecule has 1 amide bonds. The fourth-order valence-electron chi connectivity index (χ4n) is 2.40. The zero-order chi connectivity index (χ0) is 18.5. The van der Waals surface area contributed by atoms with E-state index in [1.807, 2.05) is 24.3 Å². The second-order valence-electron chi connectivity index (χ2n) is 5.57. The van der Waals surface area contributed by atoms with Crippen LogP contribution in [0, 0.1) is 0 Å². The number of anilines is 1. The summed E-state index contributed by atoms with van der Waals surface area (Å²) in [5.74, 6) is -0.883. The van der Waals surface area contributed by atoms with Crippen LogP contribution in [0.4, 0.5) is 5.82 Å². The Labute approximate surface area is 157 Å². The lowest BCUT2D eigenvalue weighted by Gasteiger charge is -2.05. The minimum atomic E-state index is -1.07. The molecule has 0 saturated heterocycles. The standard InChI is InChI=1S/C17H16BrN5O3/c18-13-3-1-12(2-4-13)11-22-9-6-15(21-22)20-16(24)7-10-23-14(17(25)26)5-8-19-23/h1-6,8-9H,7,10-11H2,(H,25,26)(H,20,21,24). The van der Waals surface area contributed by atoms with E-state index in [2.05, 4.69) is 31.4 Å². The number of aryl methyl sites for hydroxylation is 1. The van der Waals surface area contributed by atoms with Gasteiger partial charge in [-0.3, -0.25) is 14.2 Å².